The van der Waals surface area contributed by atoms with Crippen LogP contribution in [0.2, 0.25) is 0 Å². The molecular formula is C16H17FN2O. The Morgan fingerprint density at radius 2 is 2.00 bits per heavy atom. The molecular weight excluding hydrogens is 255 g/mol. The lowest BCUT2D eigenvalue weighted by molar-refractivity contribution is 0.102. The van der Waals surface area contributed by atoms with Gasteiger partial charge in [0, 0.05) is 17.4 Å². The van der Waals surface area contributed by atoms with Gasteiger partial charge in [-0.25, -0.2) is 4.39 Å². The third-order valence-electron chi connectivity index (χ3n) is 3.76. The van der Waals surface area contributed by atoms with Gasteiger partial charge >= 0.3 is 0 Å². The van der Waals surface area contributed by atoms with Crippen molar-refractivity contribution in [3.8, 4) is 0 Å². The lowest BCUT2D eigenvalue weighted by atomic mass is 10.2. The number of nitrogens with zero attached hydrogens (tertiary/aromatic N) is 1. The Morgan fingerprint density at radius 1 is 1.30 bits per heavy atom. The normalized spacial score (nSPS) is 14.3. The van der Waals surface area contributed by atoms with Crippen molar-refractivity contribution in [3.05, 3.63) is 53.1 Å². The van der Waals surface area contributed by atoms with Crippen LogP contribution < -0.4 is 5.32 Å². The van der Waals surface area contributed by atoms with Gasteiger partial charge in [0.15, 0.2) is 0 Å². The second-order valence-electron chi connectivity index (χ2n) is 5.32. The summed E-state index contributed by atoms with van der Waals surface area (Å²) >= 11 is 0. The zero-order chi connectivity index (χ0) is 14.3. The van der Waals surface area contributed by atoms with Crippen molar-refractivity contribution < 1.29 is 9.18 Å². The van der Waals surface area contributed by atoms with E-state index in [4.69, 9.17) is 0 Å². The molecule has 1 aromatic heterocycles. The van der Waals surface area contributed by atoms with E-state index in [9.17, 15) is 9.18 Å². The zero-order valence-corrected chi connectivity index (χ0v) is 11.6. The number of aromatic nitrogens is 1. The number of anilines is 1. The molecule has 0 aliphatic heterocycles. The fourth-order valence-electron chi connectivity index (χ4n) is 2.65. The molecule has 3 rings (SSSR count). The molecule has 1 aromatic carbocycles. The summed E-state index contributed by atoms with van der Waals surface area (Å²) < 4.78 is 15.8. The third-order valence-corrected chi connectivity index (χ3v) is 3.76. The molecule has 3 nitrogen and oxygen atoms in total. The molecule has 0 spiro atoms. The summed E-state index contributed by atoms with van der Waals surface area (Å²) in [5, 5.41) is 2.64. The predicted molar refractivity (Wildman–Crippen MR) is 76.5 cm³/mol. The zero-order valence-electron chi connectivity index (χ0n) is 11.6. The second kappa shape index (κ2) is 4.78. The van der Waals surface area contributed by atoms with Crippen molar-refractivity contribution in [1.82, 2.24) is 4.57 Å². The first kappa shape index (κ1) is 12.9. The number of rotatable bonds is 3. The summed E-state index contributed by atoms with van der Waals surface area (Å²) in [6.45, 7) is 3.95. The molecule has 1 aliphatic rings. The fraction of sp³-hybridized carbons (Fsp3) is 0.312. The molecule has 0 unspecified atom stereocenters. The topological polar surface area (TPSA) is 34.0 Å². The van der Waals surface area contributed by atoms with Gasteiger partial charge < -0.3 is 9.88 Å². The van der Waals surface area contributed by atoms with E-state index < -0.39 is 5.82 Å². The molecule has 1 heterocycles. The first-order chi connectivity index (χ1) is 9.58. The summed E-state index contributed by atoms with van der Waals surface area (Å²) in [5.41, 5.74) is 2.88. The van der Waals surface area contributed by atoms with Crippen LogP contribution in [0, 0.1) is 19.7 Å². The number of benzene rings is 1. The Morgan fingerprint density at radius 3 is 2.65 bits per heavy atom. The van der Waals surface area contributed by atoms with Crippen LogP contribution >= 0.6 is 0 Å². The van der Waals surface area contributed by atoms with Crippen LogP contribution in [0.15, 0.2) is 30.3 Å². The number of aryl methyl sites for hydroxylation is 1. The molecule has 0 radical (unpaired) electrons. The van der Waals surface area contributed by atoms with Gasteiger partial charge in [-0.1, -0.05) is 12.1 Å². The quantitative estimate of drug-likeness (QED) is 0.905. The van der Waals surface area contributed by atoms with Crippen LogP contribution in [0.1, 0.15) is 40.6 Å². The SMILES string of the molecule is Cc1cc(C(=O)Nc2ccccc2F)c(C)n1C1CC1. The maximum atomic E-state index is 13.6. The highest BCUT2D eigenvalue weighted by atomic mass is 19.1. The van der Waals surface area contributed by atoms with Gasteiger partial charge in [-0.3, -0.25) is 4.79 Å². The van der Waals surface area contributed by atoms with Crippen molar-refractivity contribution in [2.45, 2.75) is 32.7 Å². The lowest BCUT2D eigenvalue weighted by Crippen LogP contribution is -2.14. The first-order valence-corrected chi connectivity index (χ1v) is 6.82. The van der Waals surface area contributed by atoms with Gasteiger partial charge in [0.05, 0.1) is 11.3 Å². The summed E-state index contributed by atoms with van der Waals surface area (Å²) in [6.07, 6.45) is 2.34. The van der Waals surface area contributed by atoms with Crippen LogP contribution in [0.5, 0.6) is 0 Å². The summed E-state index contributed by atoms with van der Waals surface area (Å²) in [6, 6.07) is 8.61. The molecule has 1 aliphatic carbocycles. The van der Waals surface area contributed by atoms with E-state index in [2.05, 4.69) is 9.88 Å². The molecule has 1 amide bonds. The number of halogens is 1. The molecule has 0 bridgehead atoms. The number of para-hydroxylation sites is 1. The Hall–Kier alpha value is -2.10. The number of hydrogen-bond acceptors (Lipinski definition) is 1. The number of amides is 1. The maximum Gasteiger partial charge on any atom is 0.257 e. The summed E-state index contributed by atoms with van der Waals surface area (Å²) in [7, 11) is 0. The molecule has 2 aromatic rings. The second-order valence-corrected chi connectivity index (χ2v) is 5.32. The van der Waals surface area contributed by atoms with E-state index in [0.717, 1.165) is 11.4 Å². The minimum Gasteiger partial charge on any atom is -0.345 e. The minimum absolute atomic E-state index is 0.216. The van der Waals surface area contributed by atoms with Crippen LogP contribution in [0.25, 0.3) is 0 Å². The van der Waals surface area contributed by atoms with E-state index >= 15 is 0 Å². The number of carbonyl (C=O) groups excluding carboxylic acids is 1. The highest BCUT2D eigenvalue weighted by Crippen LogP contribution is 2.38. The van der Waals surface area contributed by atoms with Gasteiger partial charge in [-0.2, -0.15) is 0 Å². The molecule has 104 valence electrons. The molecule has 0 atom stereocenters. The van der Waals surface area contributed by atoms with Crippen molar-refractivity contribution >= 4 is 11.6 Å². The Labute approximate surface area is 117 Å². The first-order valence-electron chi connectivity index (χ1n) is 6.82. The number of carbonyl (C=O) groups is 1. The molecule has 0 saturated heterocycles. The molecule has 1 fully saturated rings. The van der Waals surface area contributed by atoms with Gasteiger partial charge in [0.2, 0.25) is 0 Å². The lowest BCUT2D eigenvalue weighted by Gasteiger charge is -2.08. The van der Waals surface area contributed by atoms with Gasteiger partial charge in [0.1, 0.15) is 5.82 Å². The standard InChI is InChI=1S/C16H17FN2O/c1-10-9-13(11(2)19(10)12-7-8-12)16(20)18-15-6-4-3-5-14(15)17/h3-6,9,12H,7-8H2,1-2H3,(H,18,20). The minimum atomic E-state index is -0.420. The van der Waals surface area contributed by atoms with Gasteiger partial charge in [0.25, 0.3) is 5.91 Å². The predicted octanol–water partition coefficient (Wildman–Crippen LogP) is 3.83. The van der Waals surface area contributed by atoms with Crippen molar-refractivity contribution in [1.29, 1.82) is 0 Å². The Kier molecular flexibility index (Phi) is 3.08. The van der Waals surface area contributed by atoms with Crippen molar-refractivity contribution in [2.75, 3.05) is 5.32 Å². The highest BCUT2D eigenvalue weighted by Gasteiger charge is 2.28. The van der Waals surface area contributed by atoms with Gasteiger partial charge in [-0.15, -0.1) is 0 Å². The number of hydrogen-bond donors (Lipinski definition) is 1. The largest absolute Gasteiger partial charge is 0.345 e. The van der Waals surface area contributed by atoms with Crippen molar-refractivity contribution in [2.24, 2.45) is 0 Å². The van der Waals surface area contributed by atoms with E-state index in [0.29, 0.717) is 11.6 Å². The summed E-state index contributed by atoms with van der Waals surface area (Å²) in [4.78, 5) is 12.3. The molecule has 1 N–H and O–H groups in total. The molecule has 1 saturated carbocycles. The average molecular weight is 272 g/mol. The van der Waals surface area contributed by atoms with Crippen LogP contribution in [-0.4, -0.2) is 10.5 Å². The van der Waals surface area contributed by atoms with Crippen LogP contribution in [-0.2, 0) is 0 Å². The average Bonchev–Trinajstić information content (AvgIpc) is 3.19. The fourth-order valence-corrected chi connectivity index (χ4v) is 2.65. The monoisotopic (exact) mass is 272 g/mol. The van der Waals surface area contributed by atoms with Crippen LogP contribution in [0.3, 0.4) is 0 Å². The molecule has 20 heavy (non-hydrogen) atoms. The third kappa shape index (κ3) is 2.22. The van der Waals surface area contributed by atoms with Crippen LogP contribution in [0.4, 0.5) is 10.1 Å². The summed E-state index contributed by atoms with van der Waals surface area (Å²) in [5.74, 6) is -0.674. The van der Waals surface area contributed by atoms with E-state index in [1.54, 1.807) is 18.2 Å². The molecule has 4 heteroatoms. The van der Waals surface area contributed by atoms with E-state index in [-0.39, 0.29) is 11.6 Å². The van der Waals surface area contributed by atoms with E-state index in [1.807, 2.05) is 19.9 Å². The van der Waals surface area contributed by atoms with Gasteiger partial charge in [-0.05, 0) is 44.9 Å². The Balaban J connectivity index is 1.88. The number of nitrogens with one attached hydrogen (secondary N) is 1. The maximum absolute atomic E-state index is 13.6. The van der Waals surface area contributed by atoms with Crippen molar-refractivity contribution in [3.63, 3.8) is 0 Å². The highest BCUT2D eigenvalue weighted by molar-refractivity contribution is 6.05. The Bertz CT molecular complexity index is 671. The van der Waals surface area contributed by atoms with E-state index in [1.165, 1.54) is 18.9 Å². The smallest absolute Gasteiger partial charge is 0.257 e.